The fourth-order valence-electron chi connectivity index (χ4n) is 2.07. The summed E-state index contributed by atoms with van der Waals surface area (Å²) in [6.07, 6.45) is 5.60. The van der Waals surface area contributed by atoms with Crippen molar-refractivity contribution in [3.63, 3.8) is 0 Å². The van der Waals surface area contributed by atoms with Crippen LogP contribution in [0, 0.1) is 0 Å². The molecule has 4 nitrogen and oxygen atoms in total. The minimum atomic E-state index is 0.176. The lowest BCUT2D eigenvalue weighted by molar-refractivity contribution is 0.424. The van der Waals surface area contributed by atoms with Crippen molar-refractivity contribution in [2.75, 3.05) is 6.26 Å². The Morgan fingerprint density at radius 3 is 2.84 bits per heavy atom. The van der Waals surface area contributed by atoms with E-state index in [9.17, 15) is 5.11 Å². The number of hydrogen-bond acceptors (Lipinski definition) is 4. The molecule has 0 saturated heterocycles. The van der Waals surface area contributed by atoms with Gasteiger partial charge in [0.2, 0.25) is 5.88 Å². The van der Waals surface area contributed by atoms with Crippen LogP contribution in [0.1, 0.15) is 11.3 Å². The SMILES string of the molecule is CSc1nc(/C=C2\C=Nc3ccccc32)c(O)n1C. The fraction of sp³-hybridized carbons (Fsp3) is 0.143. The first-order valence-corrected chi connectivity index (χ1v) is 7.08. The Hall–Kier alpha value is -2.01. The fourth-order valence-corrected chi connectivity index (χ4v) is 2.62. The molecule has 5 heteroatoms. The van der Waals surface area contributed by atoms with Crippen molar-refractivity contribution < 1.29 is 5.11 Å². The second kappa shape index (κ2) is 4.59. The van der Waals surface area contributed by atoms with Gasteiger partial charge in [-0.3, -0.25) is 9.56 Å². The molecule has 0 aliphatic carbocycles. The van der Waals surface area contributed by atoms with Crippen molar-refractivity contribution in [3.05, 3.63) is 35.5 Å². The van der Waals surface area contributed by atoms with Crippen LogP contribution in [0.3, 0.4) is 0 Å². The molecular formula is C14H13N3OS. The molecule has 1 aliphatic heterocycles. The van der Waals surface area contributed by atoms with Crippen molar-refractivity contribution in [2.24, 2.45) is 12.0 Å². The van der Waals surface area contributed by atoms with E-state index in [1.165, 1.54) is 11.8 Å². The molecule has 3 rings (SSSR count). The molecule has 2 aromatic rings. The summed E-state index contributed by atoms with van der Waals surface area (Å²) >= 11 is 1.50. The minimum Gasteiger partial charge on any atom is -0.493 e. The lowest BCUT2D eigenvalue weighted by atomic mass is 10.1. The molecule has 1 aromatic heterocycles. The first-order chi connectivity index (χ1) is 9.20. The average Bonchev–Trinajstić information content (AvgIpc) is 2.96. The van der Waals surface area contributed by atoms with E-state index in [4.69, 9.17) is 0 Å². The minimum absolute atomic E-state index is 0.176. The Morgan fingerprint density at radius 2 is 2.11 bits per heavy atom. The van der Waals surface area contributed by atoms with E-state index < -0.39 is 0 Å². The van der Waals surface area contributed by atoms with E-state index in [1.54, 1.807) is 17.8 Å². The van der Waals surface area contributed by atoms with Gasteiger partial charge in [-0.1, -0.05) is 30.0 Å². The first-order valence-electron chi connectivity index (χ1n) is 5.85. The molecule has 0 bridgehead atoms. The van der Waals surface area contributed by atoms with Crippen LogP contribution in [0.25, 0.3) is 11.6 Å². The van der Waals surface area contributed by atoms with Crippen LogP contribution in [0.2, 0.25) is 0 Å². The van der Waals surface area contributed by atoms with Gasteiger partial charge in [0.25, 0.3) is 0 Å². The monoisotopic (exact) mass is 271 g/mol. The van der Waals surface area contributed by atoms with E-state index >= 15 is 0 Å². The van der Waals surface area contributed by atoms with Gasteiger partial charge in [0.1, 0.15) is 5.69 Å². The molecule has 0 spiro atoms. The summed E-state index contributed by atoms with van der Waals surface area (Å²) in [6.45, 7) is 0. The van der Waals surface area contributed by atoms with Crippen molar-refractivity contribution >= 4 is 35.3 Å². The Morgan fingerprint density at radius 1 is 1.32 bits per heavy atom. The van der Waals surface area contributed by atoms with Gasteiger partial charge in [0.15, 0.2) is 5.16 Å². The summed E-state index contributed by atoms with van der Waals surface area (Å²) in [5.41, 5.74) is 3.56. The van der Waals surface area contributed by atoms with E-state index in [-0.39, 0.29) is 5.88 Å². The smallest absolute Gasteiger partial charge is 0.219 e. The highest BCUT2D eigenvalue weighted by molar-refractivity contribution is 7.98. The lowest BCUT2D eigenvalue weighted by Crippen LogP contribution is -1.88. The van der Waals surface area contributed by atoms with Gasteiger partial charge in [-0.25, -0.2) is 4.98 Å². The summed E-state index contributed by atoms with van der Waals surface area (Å²) in [5, 5.41) is 10.8. The molecule has 0 radical (unpaired) electrons. The highest BCUT2D eigenvalue weighted by Gasteiger charge is 2.15. The third-order valence-corrected chi connectivity index (χ3v) is 3.81. The highest BCUT2D eigenvalue weighted by atomic mass is 32.2. The number of allylic oxidation sites excluding steroid dienone is 1. The third kappa shape index (κ3) is 1.96. The van der Waals surface area contributed by atoms with Gasteiger partial charge in [0, 0.05) is 24.4 Å². The zero-order valence-corrected chi connectivity index (χ0v) is 11.5. The number of benzene rings is 1. The highest BCUT2D eigenvalue weighted by Crippen LogP contribution is 2.34. The van der Waals surface area contributed by atoms with Gasteiger partial charge >= 0.3 is 0 Å². The van der Waals surface area contributed by atoms with E-state index in [2.05, 4.69) is 9.98 Å². The summed E-state index contributed by atoms with van der Waals surface area (Å²) in [7, 11) is 1.80. The molecular weight excluding hydrogens is 258 g/mol. The Labute approximate surface area is 115 Å². The van der Waals surface area contributed by atoms with Crippen molar-refractivity contribution in [1.82, 2.24) is 9.55 Å². The molecule has 0 fully saturated rings. The molecule has 0 amide bonds. The van der Waals surface area contributed by atoms with Crippen molar-refractivity contribution in [2.45, 2.75) is 5.16 Å². The van der Waals surface area contributed by atoms with Gasteiger partial charge in [-0.15, -0.1) is 0 Å². The normalized spacial score (nSPS) is 15.2. The maximum atomic E-state index is 10.1. The Bertz CT molecular complexity index is 701. The molecule has 0 saturated carbocycles. The molecule has 1 N–H and O–H groups in total. The van der Waals surface area contributed by atoms with Crippen LogP contribution in [-0.4, -0.2) is 27.1 Å². The third-order valence-electron chi connectivity index (χ3n) is 3.08. The molecule has 0 atom stereocenters. The van der Waals surface area contributed by atoms with Gasteiger partial charge in [0.05, 0.1) is 5.69 Å². The first kappa shape index (κ1) is 12.0. The number of aliphatic imine (C=N–C) groups is 1. The predicted molar refractivity (Wildman–Crippen MR) is 79.1 cm³/mol. The lowest BCUT2D eigenvalue weighted by Gasteiger charge is -1.98. The Balaban J connectivity index is 2.07. The van der Waals surface area contributed by atoms with Gasteiger partial charge in [-0.05, 0) is 18.4 Å². The number of thioether (sulfide) groups is 1. The quantitative estimate of drug-likeness (QED) is 0.854. The zero-order chi connectivity index (χ0) is 13.4. The number of aromatic hydroxyl groups is 1. The van der Waals surface area contributed by atoms with Crippen molar-refractivity contribution in [3.8, 4) is 5.88 Å². The summed E-state index contributed by atoms with van der Waals surface area (Å²) in [4.78, 5) is 8.74. The van der Waals surface area contributed by atoms with Crippen LogP contribution < -0.4 is 0 Å². The number of hydrogen-bond donors (Lipinski definition) is 1. The largest absolute Gasteiger partial charge is 0.493 e. The molecule has 1 aromatic carbocycles. The summed E-state index contributed by atoms with van der Waals surface area (Å²) in [6, 6.07) is 7.93. The number of para-hydroxylation sites is 1. The maximum Gasteiger partial charge on any atom is 0.219 e. The molecule has 0 unspecified atom stereocenters. The van der Waals surface area contributed by atoms with E-state index in [0.717, 1.165) is 22.0 Å². The molecule has 96 valence electrons. The summed E-state index contributed by atoms with van der Waals surface area (Å²) in [5.74, 6) is 0.176. The molecule has 1 aliphatic rings. The Kier molecular flexibility index (Phi) is 2.91. The van der Waals surface area contributed by atoms with Gasteiger partial charge in [-0.2, -0.15) is 0 Å². The van der Waals surface area contributed by atoms with Crippen molar-refractivity contribution in [1.29, 1.82) is 0 Å². The second-order valence-corrected chi connectivity index (χ2v) is 5.01. The summed E-state index contributed by atoms with van der Waals surface area (Å²) < 4.78 is 1.68. The molecule has 2 heterocycles. The van der Waals surface area contributed by atoms with Crippen LogP contribution in [0.4, 0.5) is 5.69 Å². The predicted octanol–water partition coefficient (Wildman–Crippen LogP) is 3.10. The van der Waals surface area contributed by atoms with E-state index in [0.29, 0.717) is 5.69 Å². The van der Waals surface area contributed by atoms with Crippen LogP contribution in [0.15, 0.2) is 34.4 Å². The number of imidazole rings is 1. The van der Waals surface area contributed by atoms with Crippen LogP contribution in [0.5, 0.6) is 5.88 Å². The number of aromatic nitrogens is 2. The van der Waals surface area contributed by atoms with Crippen LogP contribution in [-0.2, 0) is 7.05 Å². The van der Waals surface area contributed by atoms with E-state index in [1.807, 2.05) is 36.6 Å². The van der Waals surface area contributed by atoms with Gasteiger partial charge < -0.3 is 5.11 Å². The number of nitrogens with zero attached hydrogens (tertiary/aromatic N) is 3. The number of fused-ring (bicyclic) bond motifs is 1. The maximum absolute atomic E-state index is 10.1. The average molecular weight is 271 g/mol. The number of rotatable bonds is 2. The molecule has 19 heavy (non-hydrogen) atoms. The zero-order valence-electron chi connectivity index (χ0n) is 10.7. The standard InChI is InChI=1S/C14H13N3OS/c1-17-13(18)12(16-14(17)19-2)7-9-8-15-11-6-4-3-5-10(9)11/h3-8,18H,1-2H3/b9-7+. The van der Waals surface area contributed by atoms with Crippen LogP contribution >= 0.6 is 11.8 Å². The topological polar surface area (TPSA) is 50.4 Å². The second-order valence-electron chi connectivity index (χ2n) is 4.24.